The van der Waals surface area contributed by atoms with Gasteiger partial charge in [-0.25, -0.2) is 16.8 Å². The molecule has 0 aliphatic heterocycles. The standard InChI is InChI=1S/C8H10O2.2CHF3O3S.Ru/c1-2-10-8(9)7-5-3-4-6-7;2*2-1(3,4)8(5,6)7;/h3-7H,2H2,1H3;2*(H,5,6,7);/q;;;+2/p-2. The third-order valence-electron chi connectivity index (χ3n) is 1.87. The van der Waals surface area contributed by atoms with E-state index in [1.165, 1.54) is 0 Å². The van der Waals surface area contributed by atoms with Crippen LogP contribution in [0.5, 0.6) is 0 Å². The van der Waals surface area contributed by atoms with Crippen LogP contribution in [0.15, 0.2) is 24.3 Å². The Kier molecular flexibility index (Phi) is 13.3. The number of rotatable bonds is 2. The van der Waals surface area contributed by atoms with Gasteiger partial charge in [0.2, 0.25) is 0 Å². The van der Waals surface area contributed by atoms with Crippen molar-refractivity contribution in [1.82, 2.24) is 0 Å². The van der Waals surface area contributed by atoms with E-state index in [1.54, 1.807) is 6.92 Å². The topological polar surface area (TPSA) is 141 Å². The Morgan fingerprint density at radius 3 is 1.37 bits per heavy atom. The van der Waals surface area contributed by atoms with Gasteiger partial charge in [0.1, 0.15) is 0 Å². The van der Waals surface area contributed by atoms with Crippen molar-refractivity contribution in [2.45, 2.75) is 17.9 Å². The van der Waals surface area contributed by atoms with Gasteiger partial charge in [-0.2, -0.15) is 26.3 Å². The number of hydrogen-bond acceptors (Lipinski definition) is 8. The molecule has 17 heteroatoms. The summed E-state index contributed by atoms with van der Waals surface area (Å²) in [4.78, 5) is 10.9. The predicted octanol–water partition coefficient (Wildman–Crippen LogP) is 1.39. The molecule has 27 heavy (non-hydrogen) atoms. The smallest absolute Gasteiger partial charge is 0.741 e. The van der Waals surface area contributed by atoms with Crippen LogP contribution in [0.3, 0.4) is 0 Å². The largest absolute Gasteiger partial charge is 2.00 e. The van der Waals surface area contributed by atoms with Gasteiger partial charge in [-0.15, -0.1) is 0 Å². The fraction of sp³-hybridized carbons (Fsp3) is 0.500. The average Bonchev–Trinajstić information content (AvgIpc) is 2.89. The first-order chi connectivity index (χ1) is 11.3. The fourth-order valence-corrected chi connectivity index (χ4v) is 0.827. The number of esters is 1. The van der Waals surface area contributed by atoms with Crippen LogP contribution in [-0.2, 0) is 49.2 Å². The molecule has 1 aliphatic carbocycles. The Morgan fingerprint density at radius 2 is 1.19 bits per heavy atom. The van der Waals surface area contributed by atoms with Crippen LogP contribution in [0.25, 0.3) is 0 Å². The van der Waals surface area contributed by atoms with Crippen LogP contribution < -0.4 is 0 Å². The second kappa shape index (κ2) is 11.7. The zero-order chi connectivity index (χ0) is 21.4. The Bertz CT molecular complexity index is 670. The van der Waals surface area contributed by atoms with E-state index >= 15 is 0 Å². The summed E-state index contributed by atoms with van der Waals surface area (Å²) in [7, 11) is -12.2. The van der Waals surface area contributed by atoms with Crippen LogP contribution in [-0.4, -0.2) is 49.5 Å². The molecule has 1 aliphatic rings. The Balaban J connectivity index is -0.000000318. The molecule has 0 aromatic heterocycles. The van der Waals surface area contributed by atoms with Crippen LogP contribution in [0, 0.1) is 5.92 Å². The molecule has 0 aromatic carbocycles. The Labute approximate surface area is 162 Å². The summed E-state index contributed by atoms with van der Waals surface area (Å²) < 4.78 is 123. The van der Waals surface area contributed by atoms with E-state index in [0.717, 1.165) is 0 Å². The van der Waals surface area contributed by atoms with Crippen molar-refractivity contribution in [3.8, 4) is 0 Å². The summed E-state index contributed by atoms with van der Waals surface area (Å²) in [5, 5.41) is 0. The molecule has 0 heterocycles. The van der Waals surface area contributed by atoms with Crippen LogP contribution >= 0.6 is 0 Å². The second-order valence-corrected chi connectivity index (χ2v) is 6.59. The fourth-order valence-electron chi connectivity index (χ4n) is 0.827. The second-order valence-electron chi connectivity index (χ2n) is 3.85. The molecule has 0 aromatic rings. The van der Waals surface area contributed by atoms with Crippen molar-refractivity contribution in [3.05, 3.63) is 24.3 Å². The van der Waals surface area contributed by atoms with Gasteiger partial charge in [-0.05, 0) is 6.92 Å². The zero-order valence-electron chi connectivity index (χ0n) is 12.8. The van der Waals surface area contributed by atoms with Gasteiger partial charge in [0, 0.05) is 0 Å². The van der Waals surface area contributed by atoms with E-state index < -0.39 is 31.3 Å². The quantitative estimate of drug-likeness (QED) is 0.169. The molecule has 0 amide bonds. The molecule has 0 spiro atoms. The monoisotopic (exact) mass is 538 g/mol. The van der Waals surface area contributed by atoms with Crippen LogP contribution in [0.1, 0.15) is 6.92 Å². The van der Waals surface area contributed by atoms with Crippen LogP contribution in [0.2, 0.25) is 0 Å². The molecule has 0 unspecified atom stereocenters. The maximum atomic E-state index is 10.9. The number of allylic oxidation sites excluding steroid dienone is 2. The summed E-state index contributed by atoms with van der Waals surface area (Å²) in [6.07, 6.45) is 7.33. The summed E-state index contributed by atoms with van der Waals surface area (Å²) in [5.74, 6) is -0.299. The minimum Gasteiger partial charge on any atom is -0.741 e. The first kappa shape index (κ1) is 30.7. The molecule has 8 nitrogen and oxygen atoms in total. The Morgan fingerprint density at radius 1 is 0.926 bits per heavy atom. The first-order valence-corrected chi connectivity index (χ1v) is 8.72. The molecule has 0 atom stereocenters. The summed E-state index contributed by atoms with van der Waals surface area (Å²) in [6.45, 7) is 2.26. The van der Waals surface area contributed by atoms with Gasteiger partial charge < -0.3 is 13.8 Å². The number of carbonyl (C=O) groups excluding carboxylic acids is 1. The van der Waals surface area contributed by atoms with Gasteiger partial charge in [0.25, 0.3) is 0 Å². The van der Waals surface area contributed by atoms with Crippen molar-refractivity contribution < 1.29 is 81.3 Å². The van der Waals surface area contributed by atoms with Gasteiger partial charge >= 0.3 is 36.5 Å². The molecular weight excluding hydrogens is 527 g/mol. The maximum absolute atomic E-state index is 10.9. The van der Waals surface area contributed by atoms with Gasteiger partial charge in [0.15, 0.2) is 20.2 Å². The van der Waals surface area contributed by atoms with Crippen molar-refractivity contribution in [2.75, 3.05) is 6.61 Å². The summed E-state index contributed by atoms with van der Waals surface area (Å²) >= 11 is 0. The van der Waals surface area contributed by atoms with E-state index in [2.05, 4.69) is 0 Å². The van der Waals surface area contributed by atoms with Crippen LogP contribution in [0.4, 0.5) is 26.3 Å². The van der Waals surface area contributed by atoms with E-state index in [1.807, 2.05) is 24.3 Å². The molecule has 0 radical (unpaired) electrons. The van der Waals surface area contributed by atoms with E-state index in [9.17, 15) is 31.1 Å². The molecule has 0 saturated carbocycles. The van der Waals surface area contributed by atoms with Crippen molar-refractivity contribution in [2.24, 2.45) is 5.92 Å². The molecule has 1 rings (SSSR count). The third kappa shape index (κ3) is 13.7. The summed E-state index contributed by atoms with van der Waals surface area (Å²) in [5.41, 5.74) is -11.3. The molecular formula is C10H10F6O8RuS2. The predicted molar refractivity (Wildman–Crippen MR) is 69.9 cm³/mol. The number of hydrogen-bond donors (Lipinski definition) is 0. The SMILES string of the molecule is CCOC(=O)C1C=CC=C1.O=S(=O)([O-])C(F)(F)F.O=S(=O)([O-])C(F)(F)F.[Ru+2]. The third-order valence-corrected chi connectivity index (χ3v) is 3.01. The molecule has 0 saturated heterocycles. The zero-order valence-corrected chi connectivity index (χ0v) is 16.2. The van der Waals surface area contributed by atoms with Gasteiger partial charge in [-0.1, -0.05) is 24.3 Å². The molecule has 0 N–H and O–H groups in total. The van der Waals surface area contributed by atoms with Crippen molar-refractivity contribution in [3.63, 3.8) is 0 Å². The summed E-state index contributed by atoms with van der Waals surface area (Å²) in [6, 6.07) is 0. The number of alkyl halides is 6. The average molecular weight is 537 g/mol. The molecule has 0 bridgehead atoms. The van der Waals surface area contributed by atoms with Crippen molar-refractivity contribution >= 4 is 26.2 Å². The van der Waals surface area contributed by atoms with E-state index in [0.29, 0.717) is 6.61 Å². The van der Waals surface area contributed by atoms with E-state index in [-0.39, 0.29) is 31.4 Å². The van der Waals surface area contributed by atoms with Crippen molar-refractivity contribution in [1.29, 1.82) is 0 Å². The first-order valence-electron chi connectivity index (χ1n) is 5.90. The van der Waals surface area contributed by atoms with Gasteiger partial charge in [-0.3, -0.25) is 4.79 Å². The number of carbonyl (C=O) groups is 1. The van der Waals surface area contributed by atoms with Gasteiger partial charge in [0.05, 0.1) is 12.5 Å². The maximum Gasteiger partial charge on any atom is 2.00 e. The molecule has 0 fully saturated rings. The number of halogens is 6. The minimum absolute atomic E-state index is 0. The molecule has 160 valence electrons. The normalized spacial score (nSPS) is 14.3. The minimum atomic E-state index is -6.09. The Hall–Kier alpha value is -1.03. The van der Waals surface area contributed by atoms with E-state index in [4.69, 9.17) is 30.7 Å². The number of ether oxygens (including phenoxy) is 1.